The lowest BCUT2D eigenvalue weighted by molar-refractivity contribution is -0.321. The molecule has 2 aromatic carbocycles. The minimum absolute atomic E-state index is 0.0145. The van der Waals surface area contributed by atoms with Gasteiger partial charge in [0.05, 0.1) is 59.5 Å². The van der Waals surface area contributed by atoms with Gasteiger partial charge in [0.25, 0.3) is 0 Å². The Morgan fingerprint density at radius 1 is 0.900 bits per heavy atom. The second-order valence-corrected chi connectivity index (χ2v) is 16.4. The molecule has 0 aromatic heterocycles. The van der Waals surface area contributed by atoms with Gasteiger partial charge in [-0.2, -0.15) is 0 Å². The molecular formula is C42H52N2O16. The molecule has 326 valence electrons. The van der Waals surface area contributed by atoms with E-state index in [0.717, 1.165) is 19.2 Å². The lowest BCUT2D eigenvalue weighted by atomic mass is 9.67. The minimum atomic E-state index is -1.82. The molecule has 0 bridgehead atoms. The third-order valence-corrected chi connectivity index (χ3v) is 12.4. The number of aliphatic hydroxyl groups excluding tert-OH is 1. The number of ether oxygens (including phenoxy) is 7. The average molecular weight is 841 g/mol. The van der Waals surface area contributed by atoms with Crippen molar-refractivity contribution in [3.8, 4) is 17.2 Å². The molecule has 60 heavy (non-hydrogen) atoms. The maximum atomic E-state index is 14.0. The van der Waals surface area contributed by atoms with Crippen molar-refractivity contribution < 1.29 is 77.9 Å². The fourth-order valence-corrected chi connectivity index (χ4v) is 9.16. The predicted molar refractivity (Wildman–Crippen MR) is 206 cm³/mol. The molecule has 3 aliphatic heterocycles. The number of fused-ring (bicyclic) bond motifs is 3. The van der Waals surface area contributed by atoms with E-state index in [-0.39, 0.29) is 59.9 Å². The number of hydrogen-bond acceptors (Lipinski definition) is 18. The number of methoxy groups -OCH3 is 1. The minimum Gasteiger partial charge on any atom is -0.507 e. The van der Waals surface area contributed by atoms with Crippen LogP contribution in [0.1, 0.15) is 108 Å². The Morgan fingerprint density at radius 3 is 2.12 bits per heavy atom. The van der Waals surface area contributed by atoms with Crippen LogP contribution in [0.2, 0.25) is 0 Å². The Hall–Kier alpha value is -4.50. The molecule has 7 N–H and O–H groups in total. The van der Waals surface area contributed by atoms with Gasteiger partial charge in [0, 0.05) is 42.5 Å². The maximum absolute atomic E-state index is 14.0. The molecule has 0 radical (unpaired) electrons. The van der Waals surface area contributed by atoms with Crippen LogP contribution < -0.4 is 5.73 Å². The van der Waals surface area contributed by atoms with Gasteiger partial charge >= 0.3 is 5.97 Å². The monoisotopic (exact) mass is 840 g/mol. The number of phenols is 3. The fourth-order valence-electron chi connectivity index (χ4n) is 9.16. The number of rotatable bonds is 9. The number of aromatic hydroxyl groups is 3. The van der Waals surface area contributed by atoms with Crippen LogP contribution >= 0.6 is 0 Å². The summed E-state index contributed by atoms with van der Waals surface area (Å²) in [7, 11) is 4.81. The van der Waals surface area contributed by atoms with Gasteiger partial charge < -0.3 is 69.3 Å². The molecule has 2 aromatic rings. The highest BCUT2D eigenvalue weighted by Crippen LogP contribution is 2.54. The second kappa shape index (κ2) is 16.4. The van der Waals surface area contributed by atoms with Crippen LogP contribution in [0, 0.1) is 0 Å². The van der Waals surface area contributed by atoms with Gasteiger partial charge in [-0.15, -0.1) is 0 Å². The molecule has 3 heterocycles. The summed E-state index contributed by atoms with van der Waals surface area (Å²) in [5.41, 5.74) is 2.42. The van der Waals surface area contributed by atoms with Crippen LogP contribution in [-0.4, -0.2) is 142 Å². The van der Waals surface area contributed by atoms with Gasteiger partial charge in [0.2, 0.25) is 5.78 Å². The standard InChI is InChI=1S/C42H52N2O16/c1-8-42(53)15-27(30-19(34(42)40(52)54-7)11-20-31(36(30)50)37(51)33-24(46)10-9-23(45)32(33)35(20)49)58-28-13-22(44(5)6)38(17(3)55-28)59-29-14-26(48)39(18(4)56-29)60-41-21(43)12-25(47)16(2)57-41/h9-12,16-18,22,26-29,34,38-39,41,45-46,48,50,53H,8,13-15,43H2,1-7H3/t16?,17?,18?,22?,26?,27-,28?,29?,34-,38?,39?,41?,42+/m0/s1. The van der Waals surface area contributed by atoms with Gasteiger partial charge in [-0.1, -0.05) is 6.92 Å². The Bertz CT molecular complexity index is 2090. The van der Waals surface area contributed by atoms with Crippen LogP contribution in [0.4, 0.5) is 0 Å². The van der Waals surface area contributed by atoms with Gasteiger partial charge in [-0.25, -0.2) is 0 Å². The Morgan fingerprint density at radius 2 is 1.52 bits per heavy atom. The van der Waals surface area contributed by atoms with Gasteiger partial charge in [-0.05, 0) is 65.0 Å². The number of nitrogens with two attached hydrogens (primary N) is 1. The molecule has 5 aliphatic rings. The van der Waals surface area contributed by atoms with Gasteiger partial charge in [0.1, 0.15) is 41.5 Å². The van der Waals surface area contributed by atoms with Gasteiger partial charge in [0.15, 0.2) is 30.4 Å². The third kappa shape index (κ3) is 7.47. The quantitative estimate of drug-likeness (QED) is 0.133. The summed E-state index contributed by atoms with van der Waals surface area (Å²) in [6.45, 7) is 6.71. The molecule has 18 heteroatoms. The number of nitrogens with zero attached hydrogens (tertiary/aromatic N) is 1. The smallest absolute Gasteiger partial charge is 0.316 e. The van der Waals surface area contributed by atoms with Gasteiger partial charge in [-0.3, -0.25) is 19.2 Å². The number of aliphatic hydroxyl groups is 2. The number of benzene rings is 2. The number of hydrogen-bond donors (Lipinski definition) is 6. The molecule has 13 atom stereocenters. The van der Waals surface area contributed by atoms with Crippen molar-refractivity contribution in [2.75, 3.05) is 21.2 Å². The largest absolute Gasteiger partial charge is 0.507 e. The molecule has 0 spiro atoms. The molecule has 18 nitrogen and oxygen atoms in total. The van der Waals surface area contributed by atoms with E-state index in [1.54, 1.807) is 27.7 Å². The van der Waals surface area contributed by atoms with Crippen molar-refractivity contribution in [3.63, 3.8) is 0 Å². The number of carbonyl (C=O) groups is 4. The van der Waals surface area contributed by atoms with Crippen molar-refractivity contribution in [2.45, 2.75) is 133 Å². The summed E-state index contributed by atoms with van der Waals surface area (Å²) in [6.07, 6.45) is -7.59. The van der Waals surface area contributed by atoms with E-state index in [0.29, 0.717) is 0 Å². The summed E-state index contributed by atoms with van der Waals surface area (Å²) in [6, 6.07) is 2.97. The van der Waals surface area contributed by atoms with E-state index >= 15 is 0 Å². The van der Waals surface area contributed by atoms with E-state index in [9.17, 15) is 44.7 Å². The predicted octanol–water partition coefficient (Wildman–Crippen LogP) is 1.93. The average Bonchev–Trinajstić information content (AvgIpc) is 3.18. The van der Waals surface area contributed by atoms with Crippen LogP contribution in [0.15, 0.2) is 30.0 Å². The highest BCUT2D eigenvalue weighted by atomic mass is 16.7. The lowest BCUT2D eigenvalue weighted by Crippen LogP contribution is -2.58. The Balaban J connectivity index is 1.15. The molecule has 2 aliphatic carbocycles. The molecule has 2 fully saturated rings. The summed E-state index contributed by atoms with van der Waals surface area (Å²) >= 11 is 0. The van der Waals surface area contributed by atoms with Crippen molar-refractivity contribution in [1.82, 2.24) is 4.90 Å². The van der Waals surface area contributed by atoms with Crippen molar-refractivity contribution in [1.29, 1.82) is 0 Å². The first-order valence-corrected chi connectivity index (χ1v) is 19.9. The SMILES string of the molecule is CC[C@@]1(O)C[C@H](OC2CC(N(C)C)C(OC3CC(O)C(OC4OC(C)C(=O)C=C4N)C(C)O3)C(C)O2)c2c(cc3c(c2O)C(=O)c2c(O)ccc(O)c2C3=O)[C@H]1C(=O)OC. The molecule has 7 rings (SSSR count). The number of ketones is 3. The zero-order chi connectivity index (χ0) is 43.7. The fraction of sp³-hybridized carbons (Fsp3) is 0.571. The second-order valence-electron chi connectivity index (χ2n) is 16.4. The normalized spacial score (nSPS) is 35.4. The van der Waals surface area contributed by atoms with E-state index < -0.39 is 125 Å². The van der Waals surface area contributed by atoms with E-state index in [4.69, 9.17) is 38.9 Å². The third-order valence-electron chi connectivity index (χ3n) is 12.4. The van der Waals surface area contributed by atoms with E-state index in [1.807, 2.05) is 19.0 Å². The summed E-state index contributed by atoms with van der Waals surface area (Å²) in [4.78, 5) is 55.2. The molecule has 10 unspecified atom stereocenters. The molecular weight excluding hydrogens is 788 g/mol. The number of esters is 1. The molecule has 2 saturated heterocycles. The number of carbonyl (C=O) groups excluding carboxylic acids is 4. The maximum Gasteiger partial charge on any atom is 0.316 e. The highest BCUT2D eigenvalue weighted by Gasteiger charge is 2.54. The highest BCUT2D eigenvalue weighted by molar-refractivity contribution is 6.31. The first-order chi connectivity index (χ1) is 28.3. The van der Waals surface area contributed by atoms with Crippen molar-refractivity contribution in [3.05, 3.63) is 63.4 Å². The summed E-state index contributed by atoms with van der Waals surface area (Å²) in [5, 5.41) is 56.5. The van der Waals surface area contributed by atoms with Crippen LogP contribution in [0.5, 0.6) is 17.2 Å². The number of likely N-dealkylation sites (N-methyl/N-ethyl adjacent to an activating group) is 1. The molecule has 0 saturated carbocycles. The Kier molecular flexibility index (Phi) is 11.9. The summed E-state index contributed by atoms with van der Waals surface area (Å²) in [5.74, 6) is -6.24. The first kappa shape index (κ1) is 43.6. The van der Waals surface area contributed by atoms with Crippen LogP contribution in [0.3, 0.4) is 0 Å². The van der Waals surface area contributed by atoms with E-state index in [1.165, 1.54) is 12.1 Å². The van der Waals surface area contributed by atoms with E-state index in [2.05, 4.69) is 0 Å². The van der Waals surface area contributed by atoms with Crippen molar-refractivity contribution in [2.24, 2.45) is 5.73 Å². The zero-order valence-corrected chi connectivity index (χ0v) is 34.3. The lowest BCUT2D eigenvalue weighted by Gasteiger charge is -2.48. The number of phenolic OH excluding ortho intramolecular Hbond substituents is 3. The van der Waals surface area contributed by atoms with Crippen molar-refractivity contribution >= 4 is 23.3 Å². The zero-order valence-electron chi connectivity index (χ0n) is 34.3. The van der Waals surface area contributed by atoms with Crippen LogP contribution in [0.25, 0.3) is 0 Å². The first-order valence-electron chi connectivity index (χ1n) is 19.9. The molecule has 0 amide bonds. The summed E-state index contributed by atoms with van der Waals surface area (Å²) < 4.78 is 42.3. The topological polar surface area (TPSA) is 263 Å². The Labute approximate surface area is 345 Å². The van der Waals surface area contributed by atoms with Crippen LogP contribution in [-0.2, 0) is 42.7 Å².